The van der Waals surface area contributed by atoms with Crippen molar-refractivity contribution in [2.75, 3.05) is 6.61 Å². The summed E-state index contributed by atoms with van der Waals surface area (Å²) in [6.45, 7) is 2.98. The fourth-order valence-electron chi connectivity index (χ4n) is 1.74. The lowest BCUT2D eigenvalue weighted by molar-refractivity contribution is 0.238. The van der Waals surface area contributed by atoms with Crippen molar-refractivity contribution >= 4 is 5.65 Å². The van der Waals surface area contributed by atoms with E-state index in [-0.39, 0.29) is 12.6 Å². The van der Waals surface area contributed by atoms with E-state index in [0.717, 1.165) is 24.3 Å². The highest BCUT2D eigenvalue weighted by Gasteiger charge is 2.05. The number of aliphatic hydroxyl groups is 1. The van der Waals surface area contributed by atoms with Crippen LogP contribution in [0.3, 0.4) is 0 Å². The van der Waals surface area contributed by atoms with Crippen LogP contribution in [-0.2, 0) is 6.54 Å². The number of imidazole rings is 1. The van der Waals surface area contributed by atoms with E-state index in [2.05, 4.69) is 27.7 Å². The zero-order valence-corrected chi connectivity index (χ0v) is 9.43. The molecule has 0 aromatic carbocycles. The van der Waals surface area contributed by atoms with Gasteiger partial charge in [-0.1, -0.05) is 13.0 Å². The van der Waals surface area contributed by atoms with Crippen LogP contribution in [0.25, 0.3) is 5.65 Å². The average molecular weight is 219 g/mol. The number of aromatic nitrogens is 2. The summed E-state index contributed by atoms with van der Waals surface area (Å²) in [6.07, 6.45) is 4.67. The van der Waals surface area contributed by atoms with Crippen LogP contribution < -0.4 is 5.32 Å². The first-order valence-corrected chi connectivity index (χ1v) is 5.60. The molecule has 16 heavy (non-hydrogen) atoms. The second kappa shape index (κ2) is 5.09. The Morgan fingerprint density at radius 1 is 1.50 bits per heavy atom. The largest absolute Gasteiger partial charge is 0.395 e. The van der Waals surface area contributed by atoms with Crippen molar-refractivity contribution in [2.45, 2.75) is 25.9 Å². The maximum Gasteiger partial charge on any atom is 0.136 e. The van der Waals surface area contributed by atoms with Gasteiger partial charge in [-0.2, -0.15) is 0 Å². The van der Waals surface area contributed by atoms with Crippen molar-refractivity contribution in [3.8, 4) is 0 Å². The van der Waals surface area contributed by atoms with Gasteiger partial charge in [-0.3, -0.25) is 0 Å². The van der Waals surface area contributed by atoms with Gasteiger partial charge in [0.1, 0.15) is 5.65 Å². The molecule has 0 spiro atoms. The quantitative estimate of drug-likeness (QED) is 0.794. The zero-order chi connectivity index (χ0) is 11.4. The Bertz CT molecular complexity index is 448. The molecule has 0 aliphatic heterocycles. The molecular weight excluding hydrogens is 202 g/mol. The lowest BCUT2D eigenvalue weighted by atomic mass is 10.2. The third-order valence-corrected chi connectivity index (χ3v) is 2.80. The van der Waals surface area contributed by atoms with Crippen LogP contribution in [0.1, 0.15) is 19.0 Å². The van der Waals surface area contributed by atoms with E-state index in [0.29, 0.717) is 0 Å². The number of aliphatic hydroxyl groups excluding tert-OH is 1. The first kappa shape index (κ1) is 11.1. The number of fused-ring (bicyclic) bond motifs is 1. The highest BCUT2D eigenvalue weighted by atomic mass is 16.3. The van der Waals surface area contributed by atoms with Crippen LogP contribution in [0.2, 0.25) is 0 Å². The summed E-state index contributed by atoms with van der Waals surface area (Å²) >= 11 is 0. The van der Waals surface area contributed by atoms with Gasteiger partial charge in [-0.05, 0) is 18.6 Å². The van der Waals surface area contributed by atoms with E-state index in [1.54, 1.807) is 6.20 Å². The lowest BCUT2D eigenvalue weighted by Gasteiger charge is -2.14. The van der Waals surface area contributed by atoms with Crippen molar-refractivity contribution in [1.82, 2.24) is 14.7 Å². The van der Waals surface area contributed by atoms with Crippen LogP contribution in [0, 0.1) is 0 Å². The third-order valence-electron chi connectivity index (χ3n) is 2.80. The molecule has 0 radical (unpaired) electrons. The maximum atomic E-state index is 9.10. The summed E-state index contributed by atoms with van der Waals surface area (Å²) in [5.74, 6) is 0. The highest BCUT2D eigenvalue weighted by Crippen LogP contribution is 2.06. The SMILES string of the molecule is CCC(CO)NCc1cccc2nccn12. The van der Waals surface area contributed by atoms with Crippen molar-refractivity contribution < 1.29 is 5.11 Å². The van der Waals surface area contributed by atoms with Crippen molar-refractivity contribution in [2.24, 2.45) is 0 Å². The molecule has 0 amide bonds. The second-order valence-electron chi connectivity index (χ2n) is 3.84. The van der Waals surface area contributed by atoms with Gasteiger partial charge in [-0.25, -0.2) is 4.98 Å². The predicted octanol–water partition coefficient (Wildman–Crippen LogP) is 1.19. The number of rotatable bonds is 5. The molecule has 0 aliphatic rings. The zero-order valence-electron chi connectivity index (χ0n) is 9.43. The number of hydrogen-bond acceptors (Lipinski definition) is 3. The molecule has 0 saturated heterocycles. The number of nitrogens with zero attached hydrogens (tertiary/aromatic N) is 2. The Kier molecular flexibility index (Phi) is 3.54. The molecule has 4 heteroatoms. The topological polar surface area (TPSA) is 49.6 Å². The second-order valence-corrected chi connectivity index (χ2v) is 3.84. The Balaban J connectivity index is 2.11. The molecule has 2 N–H and O–H groups in total. The summed E-state index contributed by atoms with van der Waals surface area (Å²) in [7, 11) is 0. The summed E-state index contributed by atoms with van der Waals surface area (Å²) < 4.78 is 2.05. The van der Waals surface area contributed by atoms with E-state index in [4.69, 9.17) is 5.11 Å². The molecule has 4 nitrogen and oxygen atoms in total. The molecule has 2 aromatic heterocycles. The molecule has 0 aliphatic carbocycles. The molecule has 2 rings (SSSR count). The smallest absolute Gasteiger partial charge is 0.136 e. The third kappa shape index (κ3) is 2.23. The van der Waals surface area contributed by atoms with Gasteiger partial charge in [0.25, 0.3) is 0 Å². The van der Waals surface area contributed by atoms with Crippen LogP contribution in [0.4, 0.5) is 0 Å². The highest BCUT2D eigenvalue weighted by molar-refractivity contribution is 5.39. The number of nitrogens with one attached hydrogen (secondary N) is 1. The van der Waals surface area contributed by atoms with E-state index in [1.165, 1.54) is 0 Å². The minimum Gasteiger partial charge on any atom is -0.395 e. The van der Waals surface area contributed by atoms with E-state index in [9.17, 15) is 0 Å². The summed E-state index contributed by atoms with van der Waals surface area (Å²) in [6, 6.07) is 6.21. The van der Waals surface area contributed by atoms with Crippen LogP contribution in [0.5, 0.6) is 0 Å². The van der Waals surface area contributed by atoms with Gasteiger partial charge >= 0.3 is 0 Å². The summed E-state index contributed by atoms with van der Waals surface area (Å²) in [5.41, 5.74) is 2.11. The Labute approximate surface area is 94.9 Å². The molecule has 1 unspecified atom stereocenters. The molecule has 86 valence electrons. The van der Waals surface area contributed by atoms with Gasteiger partial charge in [0.05, 0.1) is 6.61 Å². The summed E-state index contributed by atoms with van der Waals surface area (Å²) in [5, 5.41) is 12.4. The Morgan fingerprint density at radius 3 is 3.12 bits per heavy atom. The lowest BCUT2D eigenvalue weighted by Crippen LogP contribution is -2.31. The predicted molar refractivity (Wildman–Crippen MR) is 63.2 cm³/mol. The average Bonchev–Trinajstić information content (AvgIpc) is 2.79. The van der Waals surface area contributed by atoms with Gasteiger partial charge in [0.2, 0.25) is 0 Å². The molecule has 2 heterocycles. The minimum atomic E-state index is 0.166. The van der Waals surface area contributed by atoms with Gasteiger partial charge < -0.3 is 14.8 Å². The van der Waals surface area contributed by atoms with E-state index >= 15 is 0 Å². The Morgan fingerprint density at radius 2 is 2.38 bits per heavy atom. The van der Waals surface area contributed by atoms with Crippen LogP contribution in [-0.4, -0.2) is 27.1 Å². The van der Waals surface area contributed by atoms with E-state index in [1.807, 2.05) is 18.3 Å². The van der Waals surface area contributed by atoms with Crippen LogP contribution in [0.15, 0.2) is 30.6 Å². The maximum absolute atomic E-state index is 9.10. The number of hydrogen-bond donors (Lipinski definition) is 2. The first-order valence-electron chi connectivity index (χ1n) is 5.60. The molecule has 0 bridgehead atoms. The van der Waals surface area contributed by atoms with Crippen LogP contribution >= 0.6 is 0 Å². The fraction of sp³-hybridized carbons (Fsp3) is 0.417. The van der Waals surface area contributed by atoms with Crippen molar-refractivity contribution in [1.29, 1.82) is 0 Å². The summed E-state index contributed by atoms with van der Waals surface area (Å²) in [4.78, 5) is 4.23. The molecule has 2 aromatic rings. The van der Waals surface area contributed by atoms with Gasteiger partial charge in [0.15, 0.2) is 0 Å². The van der Waals surface area contributed by atoms with Gasteiger partial charge in [-0.15, -0.1) is 0 Å². The first-order chi connectivity index (χ1) is 7.85. The minimum absolute atomic E-state index is 0.166. The molecule has 0 saturated carbocycles. The molecular formula is C12H17N3O. The molecule has 1 atom stereocenters. The monoisotopic (exact) mass is 219 g/mol. The molecule has 0 fully saturated rings. The van der Waals surface area contributed by atoms with E-state index < -0.39 is 0 Å². The van der Waals surface area contributed by atoms with Crippen molar-refractivity contribution in [3.05, 3.63) is 36.3 Å². The fourth-order valence-corrected chi connectivity index (χ4v) is 1.74. The normalized spacial score (nSPS) is 13.1. The van der Waals surface area contributed by atoms with Crippen molar-refractivity contribution in [3.63, 3.8) is 0 Å². The van der Waals surface area contributed by atoms with Gasteiger partial charge in [0, 0.05) is 30.7 Å². The Hall–Kier alpha value is -1.39. The number of pyridine rings is 1. The standard InChI is InChI=1S/C12H17N3O/c1-2-10(9-16)14-8-11-4-3-5-12-13-6-7-15(11)12/h3-7,10,14,16H,2,8-9H2,1H3.